The van der Waals surface area contributed by atoms with Gasteiger partial charge in [-0.3, -0.25) is 4.79 Å². The highest BCUT2D eigenvalue weighted by Crippen LogP contribution is 2.24. The maximum Gasteiger partial charge on any atom is 0.229 e. The molecule has 5 heteroatoms. The molecule has 1 saturated carbocycles. The summed E-state index contributed by atoms with van der Waals surface area (Å²) in [6.07, 6.45) is 5.68. The summed E-state index contributed by atoms with van der Waals surface area (Å²) in [5.41, 5.74) is 6.69. The minimum atomic E-state index is -0.0626. The molecule has 17 heavy (non-hydrogen) atoms. The van der Waals surface area contributed by atoms with E-state index in [-0.39, 0.29) is 17.9 Å². The van der Waals surface area contributed by atoms with Crippen LogP contribution in [-0.2, 0) is 4.79 Å². The number of hydrogen-bond acceptors (Lipinski definition) is 3. The van der Waals surface area contributed by atoms with E-state index in [9.17, 15) is 4.79 Å². The molecule has 1 aliphatic rings. The number of nitrogens with two attached hydrogens (primary N) is 1. The van der Waals surface area contributed by atoms with Crippen LogP contribution in [0.5, 0.6) is 0 Å². The number of nitrogens with one attached hydrogen (secondary N) is 1. The fraction of sp³-hybridized carbons (Fsp3) is 0.500. The maximum atomic E-state index is 12.0. The van der Waals surface area contributed by atoms with Gasteiger partial charge in [-0.05, 0) is 40.9 Å². The lowest BCUT2D eigenvalue weighted by Gasteiger charge is -2.27. The predicted molar refractivity (Wildman–Crippen MR) is 70.5 cm³/mol. The van der Waals surface area contributed by atoms with E-state index >= 15 is 0 Å². The summed E-state index contributed by atoms with van der Waals surface area (Å²) in [4.78, 5) is 16.1. The van der Waals surface area contributed by atoms with Gasteiger partial charge in [0, 0.05) is 6.04 Å². The molecule has 1 aromatic rings. The van der Waals surface area contributed by atoms with Crippen LogP contribution in [0.15, 0.2) is 22.9 Å². The Morgan fingerprint density at radius 2 is 2.18 bits per heavy atom. The molecule has 2 rings (SSSR count). The Kier molecular flexibility index (Phi) is 4.12. The zero-order valence-corrected chi connectivity index (χ0v) is 11.1. The smallest absolute Gasteiger partial charge is 0.229 e. The van der Waals surface area contributed by atoms with Crippen molar-refractivity contribution in [3.63, 3.8) is 0 Å². The third kappa shape index (κ3) is 3.26. The van der Waals surface area contributed by atoms with E-state index in [1.807, 2.05) is 6.07 Å². The normalized spacial score (nSPS) is 24.4. The zero-order chi connectivity index (χ0) is 12.3. The quantitative estimate of drug-likeness (QED) is 0.823. The summed E-state index contributed by atoms with van der Waals surface area (Å²) >= 11 is 3.25. The molecule has 0 spiro atoms. The molecule has 1 aromatic heterocycles. The second-order valence-electron chi connectivity index (χ2n) is 4.41. The molecule has 3 N–H and O–H groups in total. The van der Waals surface area contributed by atoms with Crippen molar-refractivity contribution in [2.24, 2.45) is 11.7 Å². The number of rotatable bonds is 2. The highest BCUT2D eigenvalue weighted by Gasteiger charge is 2.28. The molecule has 0 aromatic carbocycles. The molecule has 0 aliphatic heterocycles. The van der Waals surface area contributed by atoms with Gasteiger partial charge in [0.15, 0.2) is 0 Å². The fourth-order valence-corrected chi connectivity index (χ4v) is 2.40. The number of carbonyl (C=O) groups is 1. The molecule has 92 valence electrons. The van der Waals surface area contributed by atoms with Crippen molar-refractivity contribution in [3.05, 3.63) is 22.9 Å². The van der Waals surface area contributed by atoms with Gasteiger partial charge in [0.25, 0.3) is 0 Å². The zero-order valence-electron chi connectivity index (χ0n) is 9.53. The second kappa shape index (κ2) is 5.60. The monoisotopic (exact) mass is 297 g/mol. The van der Waals surface area contributed by atoms with E-state index in [4.69, 9.17) is 5.73 Å². The van der Waals surface area contributed by atoms with Crippen LogP contribution >= 0.6 is 15.9 Å². The summed E-state index contributed by atoms with van der Waals surface area (Å²) in [7, 11) is 0. The molecule has 1 fully saturated rings. The van der Waals surface area contributed by atoms with Gasteiger partial charge in [-0.1, -0.05) is 12.8 Å². The summed E-state index contributed by atoms with van der Waals surface area (Å²) in [5, 5.41) is 2.87. The van der Waals surface area contributed by atoms with Crippen molar-refractivity contribution in [3.8, 4) is 0 Å². The first-order valence-electron chi connectivity index (χ1n) is 5.85. The Hall–Kier alpha value is -0.940. The Balaban J connectivity index is 1.98. The first-order chi connectivity index (χ1) is 8.16. The highest BCUT2D eigenvalue weighted by molar-refractivity contribution is 9.10. The Labute approximate surface area is 109 Å². The number of amides is 1. The number of anilines is 1. The molecule has 1 amide bonds. The van der Waals surface area contributed by atoms with Crippen molar-refractivity contribution in [2.45, 2.75) is 31.7 Å². The molecule has 0 bridgehead atoms. The van der Waals surface area contributed by atoms with Gasteiger partial charge in [-0.15, -0.1) is 0 Å². The maximum absolute atomic E-state index is 12.0. The third-order valence-electron chi connectivity index (χ3n) is 3.15. The lowest BCUT2D eigenvalue weighted by atomic mass is 9.84. The molecule has 2 unspecified atom stereocenters. The summed E-state index contributed by atoms with van der Waals surface area (Å²) in [6, 6.07) is 3.62. The molecule has 1 heterocycles. The topological polar surface area (TPSA) is 68.0 Å². The summed E-state index contributed by atoms with van der Waals surface area (Å²) < 4.78 is 0.755. The predicted octanol–water partition coefficient (Wildman–Crippen LogP) is 2.30. The number of carbonyl (C=O) groups excluding carboxylic acids is 1. The Morgan fingerprint density at radius 1 is 1.41 bits per heavy atom. The summed E-state index contributed by atoms with van der Waals surface area (Å²) in [5.74, 6) is -0.0475. The minimum Gasteiger partial charge on any atom is -0.327 e. The Morgan fingerprint density at radius 3 is 2.82 bits per heavy atom. The minimum absolute atomic E-state index is 0.00726. The average molecular weight is 298 g/mol. The van der Waals surface area contributed by atoms with Crippen LogP contribution in [0.4, 0.5) is 5.69 Å². The van der Waals surface area contributed by atoms with Gasteiger partial charge in [0.1, 0.15) is 4.60 Å². The highest BCUT2D eigenvalue weighted by atomic mass is 79.9. The van der Waals surface area contributed by atoms with Gasteiger partial charge < -0.3 is 11.1 Å². The summed E-state index contributed by atoms with van der Waals surface area (Å²) in [6.45, 7) is 0. The Bertz CT molecular complexity index is 393. The van der Waals surface area contributed by atoms with Gasteiger partial charge in [-0.2, -0.15) is 0 Å². The number of halogens is 1. The van der Waals surface area contributed by atoms with Crippen LogP contribution in [0.1, 0.15) is 25.7 Å². The fourth-order valence-electron chi connectivity index (χ4n) is 2.17. The molecule has 4 nitrogen and oxygen atoms in total. The molecule has 1 aliphatic carbocycles. The van der Waals surface area contributed by atoms with Crippen LogP contribution in [0, 0.1) is 5.92 Å². The number of nitrogens with zero attached hydrogens (tertiary/aromatic N) is 1. The van der Waals surface area contributed by atoms with E-state index in [2.05, 4.69) is 26.2 Å². The molecular formula is C12H16BrN3O. The van der Waals surface area contributed by atoms with Crippen LogP contribution in [0.3, 0.4) is 0 Å². The lowest BCUT2D eigenvalue weighted by molar-refractivity contribution is -0.121. The standard InChI is InChI=1S/C12H16BrN3O/c13-11-6-5-8(7-15-11)16-12(17)9-3-1-2-4-10(9)14/h5-7,9-10H,1-4,14H2,(H,16,17). The number of pyridine rings is 1. The average Bonchev–Trinajstić information content (AvgIpc) is 2.32. The van der Waals surface area contributed by atoms with Crippen LogP contribution in [0.25, 0.3) is 0 Å². The SMILES string of the molecule is NC1CCCCC1C(=O)Nc1ccc(Br)nc1. The van der Waals surface area contributed by atoms with Crippen LogP contribution in [-0.4, -0.2) is 16.9 Å². The van der Waals surface area contributed by atoms with Gasteiger partial charge in [-0.25, -0.2) is 4.98 Å². The van der Waals surface area contributed by atoms with Crippen LogP contribution < -0.4 is 11.1 Å². The van der Waals surface area contributed by atoms with Gasteiger partial charge >= 0.3 is 0 Å². The van der Waals surface area contributed by atoms with E-state index in [1.54, 1.807) is 12.3 Å². The van der Waals surface area contributed by atoms with Crippen molar-refractivity contribution in [1.29, 1.82) is 0 Å². The van der Waals surface area contributed by atoms with E-state index in [0.717, 1.165) is 36.0 Å². The van der Waals surface area contributed by atoms with Crippen molar-refractivity contribution in [1.82, 2.24) is 4.98 Å². The third-order valence-corrected chi connectivity index (χ3v) is 3.62. The van der Waals surface area contributed by atoms with E-state index in [1.165, 1.54) is 0 Å². The van der Waals surface area contributed by atoms with Gasteiger partial charge in [0.05, 0.1) is 17.8 Å². The van der Waals surface area contributed by atoms with Crippen molar-refractivity contribution < 1.29 is 4.79 Å². The largest absolute Gasteiger partial charge is 0.327 e. The molecule has 0 saturated heterocycles. The van der Waals surface area contributed by atoms with E-state index < -0.39 is 0 Å². The van der Waals surface area contributed by atoms with Crippen molar-refractivity contribution >= 4 is 27.5 Å². The first kappa shape index (κ1) is 12.5. The van der Waals surface area contributed by atoms with Crippen LogP contribution in [0.2, 0.25) is 0 Å². The number of hydrogen-bond donors (Lipinski definition) is 2. The molecule has 0 radical (unpaired) electrons. The molecular weight excluding hydrogens is 282 g/mol. The van der Waals surface area contributed by atoms with Crippen molar-refractivity contribution in [2.75, 3.05) is 5.32 Å². The first-order valence-corrected chi connectivity index (χ1v) is 6.64. The van der Waals surface area contributed by atoms with Gasteiger partial charge in [0.2, 0.25) is 5.91 Å². The lowest BCUT2D eigenvalue weighted by Crippen LogP contribution is -2.40. The molecule has 2 atom stereocenters. The number of aromatic nitrogens is 1. The second-order valence-corrected chi connectivity index (χ2v) is 5.23. The van der Waals surface area contributed by atoms with E-state index in [0.29, 0.717) is 0 Å².